The molecule has 0 aliphatic carbocycles. The third-order valence-corrected chi connectivity index (χ3v) is 3.65. The number of hydrogen-bond acceptors (Lipinski definition) is 4. The van der Waals surface area contributed by atoms with Gasteiger partial charge in [-0.25, -0.2) is 4.98 Å². The Labute approximate surface area is 123 Å². The van der Waals surface area contributed by atoms with Gasteiger partial charge in [0.15, 0.2) is 0 Å². The Morgan fingerprint density at radius 2 is 2.38 bits per heavy atom. The van der Waals surface area contributed by atoms with Crippen molar-refractivity contribution in [1.29, 1.82) is 0 Å². The monoisotopic (exact) mass is 288 g/mol. The molecule has 2 aromatic rings. The molecule has 0 radical (unpaired) electrons. The van der Waals surface area contributed by atoms with E-state index in [1.165, 1.54) is 0 Å². The zero-order valence-corrected chi connectivity index (χ0v) is 12.1. The first-order valence-electron chi connectivity index (χ1n) is 7.34. The number of fused-ring (bicyclic) bond motifs is 1. The lowest BCUT2D eigenvalue weighted by Crippen LogP contribution is -2.43. The van der Waals surface area contributed by atoms with Gasteiger partial charge in [0.25, 0.3) is 0 Å². The van der Waals surface area contributed by atoms with Gasteiger partial charge in [0.2, 0.25) is 11.9 Å². The van der Waals surface area contributed by atoms with Crippen LogP contribution in [0.5, 0.6) is 0 Å². The van der Waals surface area contributed by atoms with Crippen molar-refractivity contribution >= 4 is 22.9 Å². The summed E-state index contributed by atoms with van der Waals surface area (Å²) in [7, 11) is 0. The summed E-state index contributed by atoms with van der Waals surface area (Å²) in [6.45, 7) is 4.90. The highest BCUT2D eigenvalue weighted by Gasteiger charge is 2.18. The number of imidazole rings is 1. The van der Waals surface area contributed by atoms with E-state index in [0.29, 0.717) is 25.6 Å². The molecule has 1 amide bonds. The van der Waals surface area contributed by atoms with Crippen LogP contribution in [0.25, 0.3) is 11.0 Å². The van der Waals surface area contributed by atoms with Gasteiger partial charge in [-0.05, 0) is 19.1 Å². The van der Waals surface area contributed by atoms with Gasteiger partial charge in [0, 0.05) is 25.6 Å². The normalized spacial score (nSPS) is 18.8. The molecular formula is C15H20N4O2. The maximum atomic E-state index is 12.2. The number of hydrogen-bond donors (Lipinski definition) is 2. The van der Waals surface area contributed by atoms with Gasteiger partial charge >= 0.3 is 0 Å². The van der Waals surface area contributed by atoms with Gasteiger partial charge in [-0.1, -0.05) is 12.1 Å². The lowest BCUT2D eigenvalue weighted by atomic mass is 10.2. The number of aromatic nitrogens is 2. The Morgan fingerprint density at radius 3 is 3.14 bits per heavy atom. The third kappa shape index (κ3) is 3.06. The molecular weight excluding hydrogens is 268 g/mol. The second kappa shape index (κ2) is 6.24. The summed E-state index contributed by atoms with van der Waals surface area (Å²) in [6.07, 6.45) is 0.396. The number of para-hydroxylation sites is 2. The van der Waals surface area contributed by atoms with Crippen molar-refractivity contribution in [2.45, 2.75) is 25.9 Å². The Morgan fingerprint density at radius 1 is 1.52 bits per heavy atom. The summed E-state index contributed by atoms with van der Waals surface area (Å²) in [4.78, 5) is 16.7. The number of nitrogens with one attached hydrogen (secondary N) is 2. The van der Waals surface area contributed by atoms with Crippen molar-refractivity contribution in [3.63, 3.8) is 0 Å². The SMILES string of the molecule is CCn1c(NC(=O)CC2COCCN2)nc2ccccc21. The van der Waals surface area contributed by atoms with Crippen LogP contribution < -0.4 is 10.6 Å². The summed E-state index contributed by atoms with van der Waals surface area (Å²) in [5.74, 6) is 0.573. The van der Waals surface area contributed by atoms with Crippen molar-refractivity contribution < 1.29 is 9.53 Å². The van der Waals surface area contributed by atoms with E-state index < -0.39 is 0 Å². The zero-order chi connectivity index (χ0) is 14.7. The van der Waals surface area contributed by atoms with E-state index in [4.69, 9.17) is 4.74 Å². The smallest absolute Gasteiger partial charge is 0.228 e. The van der Waals surface area contributed by atoms with Crippen LogP contribution in [-0.4, -0.2) is 41.3 Å². The largest absolute Gasteiger partial charge is 0.378 e. The molecule has 1 aliphatic rings. The molecule has 1 aliphatic heterocycles. The molecule has 1 aromatic heterocycles. The van der Waals surface area contributed by atoms with Gasteiger partial charge in [0.05, 0.1) is 24.2 Å². The zero-order valence-electron chi connectivity index (χ0n) is 12.1. The maximum absolute atomic E-state index is 12.2. The van der Waals surface area contributed by atoms with Crippen LogP contribution in [0.1, 0.15) is 13.3 Å². The number of aryl methyl sites for hydroxylation is 1. The lowest BCUT2D eigenvalue weighted by molar-refractivity contribution is -0.117. The van der Waals surface area contributed by atoms with Crippen LogP contribution in [0.2, 0.25) is 0 Å². The number of anilines is 1. The second-order valence-electron chi connectivity index (χ2n) is 5.15. The predicted molar refractivity (Wildman–Crippen MR) is 81.3 cm³/mol. The number of rotatable bonds is 4. The molecule has 3 rings (SSSR count). The van der Waals surface area contributed by atoms with Crippen LogP contribution in [0.15, 0.2) is 24.3 Å². The highest BCUT2D eigenvalue weighted by Crippen LogP contribution is 2.19. The minimum atomic E-state index is -0.0389. The lowest BCUT2D eigenvalue weighted by Gasteiger charge is -2.23. The predicted octanol–water partition coefficient (Wildman–Crippen LogP) is 1.37. The van der Waals surface area contributed by atoms with E-state index in [9.17, 15) is 4.79 Å². The van der Waals surface area contributed by atoms with Crippen LogP contribution in [-0.2, 0) is 16.1 Å². The third-order valence-electron chi connectivity index (χ3n) is 3.65. The number of carbonyl (C=O) groups is 1. The van der Waals surface area contributed by atoms with Crippen molar-refractivity contribution in [1.82, 2.24) is 14.9 Å². The molecule has 1 aromatic carbocycles. The van der Waals surface area contributed by atoms with Gasteiger partial charge < -0.3 is 14.6 Å². The molecule has 0 saturated carbocycles. The molecule has 6 nitrogen and oxygen atoms in total. The molecule has 21 heavy (non-hydrogen) atoms. The Bertz CT molecular complexity index is 632. The number of morpholine rings is 1. The molecule has 1 fully saturated rings. The average Bonchev–Trinajstić information content (AvgIpc) is 2.85. The molecule has 2 N–H and O–H groups in total. The fraction of sp³-hybridized carbons (Fsp3) is 0.467. The first-order valence-corrected chi connectivity index (χ1v) is 7.34. The fourth-order valence-electron chi connectivity index (χ4n) is 2.64. The molecule has 2 heterocycles. The van der Waals surface area contributed by atoms with Crippen molar-refractivity contribution in [2.75, 3.05) is 25.1 Å². The van der Waals surface area contributed by atoms with Crippen LogP contribution in [0.4, 0.5) is 5.95 Å². The molecule has 1 atom stereocenters. The molecule has 0 bridgehead atoms. The first kappa shape index (κ1) is 14.0. The van der Waals surface area contributed by atoms with Crippen LogP contribution >= 0.6 is 0 Å². The average molecular weight is 288 g/mol. The number of benzene rings is 1. The van der Waals surface area contributed by atoms with Gasteiger partial charge in [0.1, 0.15) is 0 Å². The molecule has 1 saturated heterocycles. The van der Waals surface area contributed by atoms with Gasteiger partial charge in [-0.2, -0.15) is 0 Å². The van der Waals surface area contributed by atoms with Crippen molar-refractivity contribution in [2.24, 2.45) is 0 Å². The summed E-state index contributed by atoms with van der Waals surface area (Å²) in [5, 5.41) is 6.19. The van der Waals surface area contributed by atoms with E-state index in [2.05, 4.69) is 15.6 Å². The summed E-state index contributed by atoms with van der Waals surface area (Å²) in [5.41, 5.74) is 1.93. The second-order valence-corrected chi connectivity index (χ2v) is 5.15. The van der Waals surface area contributed by atoms with Gasteiger partial charge in [-0.15, -0.1) is 0 Å². The quantitative estimate of drug-likeness (QED) is 0.891. The number of carbonyl (C=O) groups excluding carboxylic acids is 1. The molecule has 1 unspecified atom stereocenters. The number of ether oxygens (including phenoxy) is 1. The van der Waals surface area contributed by atoms with E-state index in [0.717, 1.165) is 24.1 Å². The first-order chi connectivity index (χ1) is 10.3. The van der Waals surface area contributed by atoms with Crippen molar-refractivity contribution in [3.8, 4) is 0 Å². The van der Waals surface area contributed by atoms with E-state index in [1.807, 2.05) is 35.8 Å². The summed E-state index contributed by atoms with van der Waals surface area (Å²) >= 11 is 0. The number of amides is 1. The van der Waals surface area contributed by atoms with Crippen molar-refractivity contribution in [3.05, 3.63) is 24.3 Å². The highest BCUT2D eigenvalue weighted by atomic mass is 16.5. The molecule has 112 valence electrons. The Kier molecular flexibility index (Phi) is 4.17. The topological polar surface area (TPSA) is 68.2 Å². The summed E-state index contributed by atoms with van der Waals surface area (Å²) in [6, 6.07) is 7.97. The Hall–Kier alpha value is -1.92. The van der Waals surface area contributed by atoms with E-state index in [1.54, 1.807) is 0 Å². The van der Waals surface area contributed by atoms with E-state index in [-0.39, 0.29) is 11.9 Å². The maximum Gasteiger partial charge on any atom is 0.228 e. The van der Waals surface area contributed by atoms with Gasteiger partial charge in [-0.3, -0.25) is 10.1 Å². The summed E-state index contributed by atoms with van der Waals surface area (Å²) < 4.78 is 7.37. The minimum Gasteiger partial charge on any atom is -0.378 e. The van der Waals surface area contributed by atoms with E-state index >= 15 is 0 Å². The van der Waals surface area contributed by atoms with Crippen LogP contribution in [0, 0.1) is 0 Å². The molecule has 6 heteroatoms. The van der Waals surface area contributed by atoms with Crippen LogP contribution in [0.3, 0.4) is 0 Å². The number of nitrogens with zero attached hydrogens (tertiary/aromatic N) is 2. The standard InChI is InChI=1S/C15H20N4O2/c1-2-19-13-6-4-3-5-12(13)17-15(19)18-14(20)9-11-10-21-8-7-16-11/h3-6,11,16H,2,7-10H2,1H3,(H,17,18,20). The highest BCUT2D eigenvalue weighted by molar-refractivity contribution is 5.91. The minimum absolute atomic E-state index is 0.0389. The Balaban J connectivity index is 1.73. The fourth-order valence-corrected chi connectivity index (χ4v) is 2.64. The molecule has 0 spiro atoms.